The van der Waals surface area contributed by atoms with E-state index in [2.05, 4.69) is 5.32 Å². The van der Waals surface area contributed by atoms with Crippen molar-refractivity contribution in [2.75, 3.05) is 11.9 Å². The van der Waals surface area contributed by atoms with Crippen LogP contribution in [-0.2, 0) is 6.61 Å². The van der Waals surface area contributed by atoms with E-state index in [4.69, 9.17) is 16.3 Å². The van der Waals surface area contributed by atoms with E-state index in [1.54, 1.807) is 0 Å². The van der Waals surface area contributed by atoms with Gasteiger partial charge in [0, 0.05) is 12.2 Å². The normalized spacial score (nSPS) is 10.1. The van der Waals surface area contributed by atoms with Crippen LogP contribution in [0.3, 0.4) is 0 Å². The Hall–Kier alpha value is -1.67. The Balaban J connectivity index is 2.01. The maximum atomic E-state index is 6.17. The molecule has 0 saturated heterocycles. The van der Waals surface area contributed by atoms with E-state index in [1.807, 2.05) is 55.5 Å². The van der Waals surface area contributed by atoms with Crippen LogP contribution in [0.15, 0.2) is 48.5 Å². The Morgan fingerprint density at radius 2 is 1.89 bits per heavy atom. The fraction of sp³-hybridized carbons (Fsp3) is 0.200. The first-order valence-corrected chi connectivity index (χ1v) is 6.37. The molecule has 2 aromatic carbocycles. The zero-order chi connectivity index (χ0) is 12.8. The van der Waals surface area contributed by atoms with Gasteiger partial charge in [-0.15, -0.1) is 0 Å². The van der Waals surface area contributed by atoms with E-state index in [0.29, 0.717) is 17.4 Å². The van der Waals surface area contributed by atoms with Gasteiger partial charge >= 0.3 is 0 Å². The maximum Gasteiger partial charge on any atom is 0.138 e. The smallest absolute Gasteiger partial charge is 0.138 e. The van der Waals surface area contributed by atoms with E-state index in [9.17, 15) is 0 Å². The van der Waals surface area contributed by atoms with Crippen LogP contribution in [-0.4, -0.2) is 6.54 Å². The minimum absolute atomic E-state index is 0.529. The van der Waals surface area contributed by atoms with Crippen molar-refractivity contribution in [2.24, 2.45) is 0 Å². The number of halogens is 1. The lowest BCUT2D eigenvalue weighted by atomic mass is 10.2. The lowest BCUT2D eigenvalue weighted by Gasteiger charge is -2.10. The summed E-state index contributed by atoms with van der Waals surface area (Å²) >= 11 is 6.17. The number of anilines is 1. The SMILES string of the molecule is CCNc1ccc(OCc2ccccc2)c(Cl)c1. The van der Waals surface area contributed by atoms with Crippen LogP contribution in [0.1, 0.15) is 12.5 Å². The molecule has 0 amide bonds. The van der Waals surface area contributed by atoms with Gasteiger partial charge in [0.15, 0.2) is 0 Å². The molecule has 2 nitrogen and oxygen atoms in total. The molecule has 3 heteroatoms. The van der Waals surface area contributed by atoms with Crippen molar-refractivity contribution in [1.82, 2.24) is 0 Å². The molecule has 0 aromatic heterocycles. The molecule has 2 rings (SSSR count). The van der Waals surface area contributed by atoms with Gasteiger partial charge in [-0.2, -0.15) is 0 Å². The topological polar surface area (TPSA) is 21.3 Å². The second-order valence-corrected chi connectivity index (χ2v) is 4.36. The number of ether oxygens (including phenoxy) is 1. The van der Waals surface area contributed by atoms with E-state index in [1.165, 1.54) is 0 Å². The van der Waals surface area contributed by atoms with Gasteiger partial charge in [0.2, 0.25) is 0 Å². The third-order valence-corrected chi connectivity index (χ3v) is 2.85. The molecule has 0 heterocycles. The summed E-state index contributed by atoms with van der Waals surface area (Å²) in [7, 11) is 0. The van der Waals surface area contributed by atoms with Crippen molar-refractivity contribution in [2.45, 2.75) is 13.5 Å². The lowest BCUT2D eigenvalue weighted by molar-refractivity contribution is 0.306. The first-order valence-electron chi connectivity index (χ1n) is 5.99. The molecule has 0 aliphatic rings. The van der Waals surface area contributed by atoms with E-state index >= 15 is 0 Å². The van der Waals surface area contributed by atoms with E-state index < -0.39 is 0 Å². The van der Waals surface area contributed by atoms with E-state index in [-0.39, 0.29) is 0 Å². The lowest BCUT2D eigenvalue weighted by Crippen LogP contribution is -1.98. The monoisotopic (exact) mass is 261 g/mol. The highest BCUT2D eigenvalue weighted by molar-refractivity contribution is 6.32. The number of hydrogen-bond acceptors (Lipinski definition) is 2. The zero-order valence-corrected chi connectivity index (χ0v) is 11.1. The first kappa shape index (κ1) is 12.8. The predicted molar refractivity (Wildman–Crippen MR) is 76.4 cm³/mol. The molecule has 0 radical (unpaired) electrons. The van der Waals surface area contributed by atoms with Gasteiger partial charge in [-0.25, -0.2) is 0 Å². The molecule has 0 atom stereocenters. The van der Waals surface area contributed by atoms with Crippen LogP contribution in [0.4, 0.5) is 5.69 Å². The van der Waals surface area contributed by atoms with Gasteiger partial charge in [0.05, 0.1) is 5.02 Å². The zero-order valence-electron chi connectivity index (χ0n) is 10.3. The van der Waals surface area contributed by atoms with Crippen molar-refractivity contribution in [3.8, 4) is 5.75 Å². The Morgan fingerprint density at radius 1 is 1.11 bits per heavy atom. The molecule has 0 fully saturated rings. The summed E-state index contributed by atoms with van der Waals surface area (Å²) in [5.74, 6) is 0.710. The standard InChI is InChI=1S/C15H16ClNO/c1-2-17-13-8-9-15(14(16)10-13)18-11-12-6-4-3-5-7-12/h3-10,17H,2,11H2,1H3. The predicted octanol–water partition coefficient (Wildman–Crippen LogP) is 4.35. The highest BCUT2D eigenvalue weighted by atomic mass is 35.5. The Labute approximate surface area is 113 Å². The summed E-state index contributed by atoms with van der Waals surface area (Å²) in [6, 6.07) is 15.8. The van der Waals surface area contributed by atoms with Crippen LogP contribution in [0.25, 0.3) is 0 Å². The van der Waals surface area contributed by atoms with Gasteiger partial charge in [-0.05, 0) is 30.7 Å². The van der Waals surface area contributed by atoms with Gasteiger partial charge < -0.3 is 10.1 Å². The second-order valence-electron chi connectivity index (χ2n) is 3.95. The van der Waals surface area contributed by atoms with Crippen molar-refractivity contribution in [3.63, 3.8) is 0 Å². The van der Waals surface area contributed by atoms with Crippen LogP contribution in [0.5, 0.6) is 5.75 Å². The molecule has 0 spiro atoms. The summed E-state index contributed by atoms with van der Waals surface area (Å²) in [6.45, 7) is 3.45. The molecule has 94 valence electrons. The van der Waals surface area contributed by atoms with Gasteiger partial charge in [0.25, 0.3) is 0 Å². The maximum absolute atomic E-state index is 6.17. The largest absolute Gasteiger partial charge is 0.487 e. The average Bonchev–Trinajstić information content (AvgIpc) is 2.39. The molecule has 0 unspecified atom stereocenters. The van der Waals surface area contributed by atoms with Crippen molar-refractivity contribution in [1.29, 1.82) is 0 Å². The summed E-state index contributed by atoms with van der Waals surface area (Å²) in [6.07, 6.45) is 0. The highest BCUT2D eigenvalue weighted by Crippen LogP contribution is 2.28. The molecule has 0 aliphatic carbocycles. The quantitative estimate of drug-likeness (QED) is 0.864. The third kappa shape index (κ3) is 3.41. The van der Waals surface area contributed by atoms with Gasteiger partial charge in [-0.1, -0.05) is 41.9 Å². The minimum atomic E-state index is 0.529. The molecule has 1 N–H and O–H groups in total. The molecule has 0 bridgehead atoms. The molecule has 0 saturated carbocycles. The van der Waals surface area contributed by atoms with Crippen LogP contribution >= 0.6 is 11.6 Å². The number of rotatable bonds is 5. The van der Waals surface area contributed by atoms with Crippen molar-refractivity contribution < 1.29 is 4.74 Å². The number of nitrogens with one attached hydrogen (secondary N) is 1. The second kappa shape index (κ2) is 6.31. The Bertz CT molecular complexity index is 499. The summed E-state index contributed by atoms with van der Waals surface area (Å²) < 4.78 is 5.70. The molecule has 0 aliphatic heterocycles. The fourth-order valence-corrected chi connectivity index (χ4v) is 1.90. The highest BCUT2D eigenvalue weighted by Gasteiger charge is 2.03. The summed E-state index contributed by atoms with van der Waals surface area (Å²) in [5.41, 5.74) is 2.14. The number of benzene rings is 2. The molecular formula is C15H16ClNO. The van der Waals surface area contributed by atoms with Crippen LogP contribution in [0.2, 0.25) is 5.02 Å². The van der Waals surface area contributed by atoms with Crippen LogP contribution in [0, 0.1) is 0 Å². The Kier molecular flexibility index (Phi) is 4.48. The number of hydrogen-bond donors (Lipinski definition) is 1. The summed E-state index contributed by atoms with van der Waals surface area (Å²) in [4.78, 5) is 0. The third-order valence-electron chi connectivity index (χ3n) is 2.55. The van der Waals surface area contributed by atoms with Gasteiger partial charge in [0.1, 0.15) is 12.4 Å². The summed E-state index contributed by atoms with van der Waals surface area (Å²) in [5, 5.41) is 3.84. The first-order chi connectivity index (χ1) is 8.79. The van der Waals surface area contributed by atoms with Crippen LogP contribution < -0.4 is 10.1 Å². The molecular weight excluding hydrogens is 246 g/mol. The fourth-order valence-electron chi connectivity index (χ4n) is 1.67. The minimum Gasteiger partial charge on any atom is -0.487 e. The van der Waals surface area contributed by atoms with Crippen molar-refractivity contribution in [3.05, 3.63) is 59.1 Å². The average molecular weight is 262 g/mol. The molecule has 2 aromatic rings. The Morgan fingerprint density at radius 3 is 2.56 bits per heavy atom. The van der Waals surface area contributed by atoms with Gasteiger partial charge in [-0.3, -0.25) is 0 Å². The van der Waals surface area contributed by atoms with E-state index in [0.717, 1.165) is 17.8 Å². The van der Waals surface area contributed by atoms with Crippen molar-refractivity contribution >= 4 is 17.3 Å². The molecule has 18 heavy (non-hydrogen) atoms.